The van der Waals surface area contributed by atoms with E-state index in [1.165, 1.54) is 24.0 Å². The number of benzene rings is 3. The number of ether oxygens (including phenoxy) is 3. The molecule has 0 spiro atoms. The Labute approximate surface area is 290 Å². The fraction of sp³-hybridized carbons (Fsp3) is 0.316. The van der Waals surface area contributed by atoms with Gasteiger partial charge >= 0.3 is 12.0 Å². The van der Waals surface area contributed by atoms with Gasteiger partial charge in [0.1, 0.15) is 5.75 Å². The fourth-order valence-corrected chi connectivity index (χ4v) is 6.62. The Bertz CT molecular complexity index is 1940. The molecule has 2 amide bonds. The first kappa shape index (κ1) is 33.7. The van der Waals surface area contributed by atoms with Crippen molar-refractivity contribution >= 4 is 50.1 Å². The van der Waals surface area contributed by atoms with Gasteiger partial charge in [-0.2, -0.15) is 0 Å². The maximum atomic E-state index is 13.5. The van der Waals surface area contributed by atoms with Crippen molar-refractivity contribution in [2.45, 2.75) is 33.6 Å². The van der Waals surface area contributed by atoms with Gasteiger partial charge in [0, 0.05) is 32.1 Å². The minimum Gasteiger partial charge on any atom is -0.493 e. The van der Waals surface area contributed by atoms with Gasteiger partial charge in [-0.3, -0.25) is 10.2 Å². The van der Waals surface area contributed by atoms with E-state index in [9.17, 15) is 9.59 Å². The van der Waals surface area contributed by atoms with Crippen LogP contribution in [0.5, 0.6) is 11.5 Å². The monoisotopic (exact) mass is 679 g/mol. The van der Waals surface area contributed by atoms with Crippen LogP contribution in [0.15, 0.2) is 78.9 Å². The third-order valence-electron chi connectivity index (χ3n) is 8.07. The number of thiazole rings is 1. The molecule has 0 aliphatic carbocycles. The summed E-state index contributed by atoms with van der Waals surface area (Å²) in [6, 6.07) is 25.0. The van der Waals surface area contributed by atoms with Gasteiger partial charge < -0.3 is 19.1 Å². The lowest BCUT2D eigenvalue weighted by Crippen LogP contribution is -2.44. The van der Waals surface area contributed by atoms with Gasteiger partial charge in [-0.1, -0.05) is 62.4 Å². The van der Waals surface area contributed by atoms with E-state index >= 15 is 0 Å². The number of esters is 1. The van der Waals surface area contributed by atoms with Gasteiger partial charge in [0.05, 0.1) is 47.6 Å². The second-order valence-corrected chi connectivity index (χ2v) is 14.2. The number of aromatic nitrogens is 2. The van der Waals surface area contributed by atoms with Gasteiger partial charge in [0.15, 0.2) is 16.6 Å². The largest absolute Gasteiger partial charge is 0.493 e. The summed E-state index contributed by atoms with van der Waals surface area (Å²) in [5.74, 6) is 0.558. The summed E-state index contributed by atoms with van der Waals surface area (Å²) in [7, 11) is 3.31. The minimum absolute atomic E-state index is 0.0797. The molecule has 0 unspecified atom stereocenters. The molecule has 0 fully saturated rings. The molecule has 0 saturated heterocycles. The first-order chi connectivity index (χ1) is 23.6. The van der Waals surface area contributed by atoms with Crippen LogP contribution in [-0.4, -0.2) is 62.4 Å². The Balaban J connectivity index is 1.15. The van der Waals surface area contributed by atoms with Gasteiger partial charge in [0.2, 0.25) is 0 Å². The molecule has 2 aromatic heterocycles. The maximum absolute atomic E-state index is 13.5. The molecule has 3 heterocycles. The molecule has 254 valence electrons. The fourth-order valence-electron chi connectivity index (χ4n) is 5.76. The number of rotatable bonds is 10. The second kappa shape index (κ2) is 14.5. The lowest BCUT2D eigenvalue weighted by atomic mass is 9.88. The van der Waals surface area contributed by atoms with Gasteiger partial charge in [-0.25, -0.2) is 19.6 Å². The molecule has 10 nitrogen and oxygen atoms in total. The highest BCUT2D eigenvalue weighted by atomic mass is 32.1. The SMILES string of the molecule is COC(=O)c1nc(-c2ccc3c(c2)N(C(=O)Nc2nc4ccccc4s2)CCN3C)ccc1OCCCOc1cccc(CC(C)(C)C)c1. The molecule has 0 radical (unpaired) electrons. The van der Waals surface area contributed by atoms with Crippen LogP contribution in [0.25, 0.3) is 21.5 Å². The molecule has 0 atom stereocenters. The van der Waals surface area contributed by atoms with E-state index in [0.29, 0.717) is 49.3 Å². The number of nitrogens with one attached hydrogen (secondary N) is 1. The Morgan fingerprint density at radius 3 is 2.51 bits per heavy atom. The molecule has 0 saturated carbocycles. The molecule has 11 heteroatoms. The topological polar surface area (TPSA) is 106 Å². The van der Waals surface area contributed by atoms with Crippen molar-refractivity contribution in [3.63, 3.8) is 0 Å². The van der Waals surface area contributed by atoms with E-state index in [-0.39, 0.29) is 17.1 Å². The zero-order valence-electron chi connectivity index (χ0n) is 28.5. The number of hydrogen-bond donors (Lipinski definition) is 1. The summed E-state index contributed by atoms with van der Waals surface area (Å²) >= 11 is 1.44. The molecule has 49 heavy (non-hydrogen) atoms. The van der Waals surface area contributed by atoms with Gasteiger partial charge in [0.25, 0.3) is 0 Å². The van der Waals surface area contributed by atoms with Crippen LogP contribution in [0.1, 0.15) is 43.2 Å². The standard InChI is InChI=1S/C38H41N5O5S/c1-38(2,3)24-25-10-8-11-27(22-25)47-20-9-21-48-32-17-15-28(39-34(32)35(44)46-5)26-14-16-30-31(23-26)43(19-18-42(30)4)37(45)41-36-40-29-12-6-7-13-33(29)49-36/h6-8,10-17,22-23H,9,18-21,24H2,1-5H3,(H,40,41,45). The van der Waals surface area contributed by atoms with E-state index in [4.69, 9.17) is 14.2 Å². The quantitative estimate of drug-likeness (QED) is 0.117. The first-order valence-corrected chi connectivity index (χ1v) is 17.1. The van der Waals surface area contributed by atoms with Crippen molar-refractivity contribution in [1.82, 2.24) is 9.97 Å². The van der Waals surface area contributed by atoms with Crippen molar-refractivity contribution in [3.8, 4) is 22.8 Å². The predicted molar refractivity (Wildman–Crippen MR) is 195 cm³/mol. The van der Waals surface area contributed by atoms with Gasteiger partial charge in [-0.05, 0) is 65.9 Å². The highest BCUT2D eigenvalue weighted by molar-refractivity contribution is 7.22. The molecule has 0 bridgehead atoms. The summed E-state index contributed by atoms with van der Waals surface area (Å²) < 4.78 is 18.0. The Morgan fingerprint density at radius 2 is 1.71 bits per heavy atom. The molecule has 1 N–H and O–H groups in total. The van der Waals surface area contributed by atoms with E-state index in [0.717, 1.165) is 39.3 Å². The molecule has 3 aromatic carbocycles. The number of hydrogen-bond acceptors (Lipinski definition) is 9. The third-order valence-corrected chi connectivity index (χ3v) is 9.02. The lowest BCUT2D eigenvalue weighted by Gasteiger charge is -2.35. The van der Waals surface area contributed by atoms with Crippen LogP contribution in [0.2, 0.25) is 0 Å². The maximum Gasteiger partial charge on any atom is 0.360 e. The van der Waals surface area contributed by atoms with Crippen LogP contribution in [0, 0.1) is 5.41 Å². The number of amides is 2. The first-order valence-electron chi connectivity index (χ1n) is 16.3. The number of pyridine rings is 1. The summed E-state index contributed by atoms with van der Waals surface area (Å²) in [6.07, 6.45) is 1.58. The molecule has 6 rings (SSSR count). The highest BCUT2D eigenvalue weighted by Gasteiger charge is 2.27. The van der Waals surface area contributed by atoms with Crippen molar-refractivity contribution < 1.29 is 23.8 Å². The number of likely N-dealkylation sites (N-methyl/N-ethyl adjacent to an activating group) is 1. The highest BCUT2D eigenvalue weighted by Crippen LogP contribution is 2.37. The number of carbonyl (C=O) groups is 2. The van der Waals surface area contributed by atoms with Crippen molar-refractivity contribution in [3.05, 3.63) is 90.1 Å². The number of urea groups is 1. The van der Waals surface area contributed by atoms with E-state index < -0.39 is 5.97 Å². The lowest BCUT2D eigenvalue weighted by molar-refractivity contribution is 0.0588. The number of fused-ring (bicyclic) bond motifs is 2. The average molecular weight is 680 g/mol. The zero-order chi connectivity index (χ0) is 34.5. The van der Waals surface area contributed by atoms with Crippen LogP contribution in [0.4, 0.5) is 21.3 Å². The van der Waals surface area contributed by atoms with Crippen molar-refractivity contribution in [1.29, 1.82) is 0 Å². The van der Waals surface area contributed by atoms with Crippen LogP contribution in [-0.2, 0) is 11.2 Å². The molecular weight excluding hydrogens is 639 g/mol. The summed E-state index contributed by atoms with van der Waals surface area (Å²) in [5, 5.41) is 3.52. The number of carbonyl (C=O) groups excluding carboxylic acids is 2. The molecule has 5 aromatic rings. The normalized spacial score (nSPS) is 12.8. The number of methoxy groups -OCH3 is 1. The molecular formula is C38H41N5O5S. The Kier molecular flexibility index (Phi) is 10.0. The third kappa shape index (κ3) is 8.11. The Morgan fingerprint density at radius 1 is 0.898 bits per heavy atom. The summed E-state index contributed by atoms with van der Waals surface area (Å²) in [6.45, 7) is 8.60. The van der Waals surface area contributed by atoms with Crippen LogP contribution >= 0.6 is 11.3 Å². The molecule has 1 aliphatic heterocycles. The van der Waals surface area contributed by atoms with Gasteiger partial charge in [-0.15, -0.1) is 0 Å². The number of nitrogens with zero attached hydrogens (tertiary/aromatic N) is 4. The zero-order valence-corrected chi connectivity index (χ0v) is 29.3. The van der Waals surface area contributed by atoms with Crippen molar-refractivity contribution in [2.24, 2.45) is 5.41 Å². The van der Waals surface area contributed by atoms with Crippen molar-refractivity contribution in [2.75, 3.05) is 55.6 Å². The summed E-state index contributed by atoms with van der Waals surface area (Å²) in [5.41, 5.74) is 5.28. The number of anilines is 3. The van der Waals surface area contributed by atoms with Crippen LogP contribution < -0.4 is 24.6 Å². The minimum atomic E-state index is -0.599. The second-order valence-electron chi connectivity index (χ2n) is 13.2. The summed E-state index contributed by atoms with van der Waals surface area (Å²) in [4.78, 5) is 39.4. The molecule has 1 aliphatic rings. The van der Waals surface area contributed by atoms with E-state index in [2.05, 4.69) is 53.1 Å². The van der Waals surface area contributed by atoms with Crippen LogP contribution in [0.3, 0.4) is 0 Å². The Hall–Kier alpha value is -5.16. The van der Waals surface area contributed by atoms with E-state index in [1.807, 2.05) is 61.6 Å². The predicted octanol–water partition coefficient (Wildman–Crippen LogP) is 8.07. The smallest absolute Gasteiger partial charge is 0.360 e. The average Bonchev–Trinajstić information content (AvgIpc) is 3.49. The number of para-hydroxylation sites is 1. The van der Waals surface area contributed by atoms with E-state index in [1.54, 1.807) is 17.0 Å².